The lowest BCUT2D eigenvalue weighted by atomic mass is 10.1. The highest BCUT2D eigenvalue weighted by Gasteiger charge is 2.11. The first-order valence-electron chi connectivity index (χ1n) is 4.33. The van der Waals surface area contributed by atoms with Gasteiger partial charge in [-0.3, -0.25) is 0 Å². The van der Waals surface area contributed by atoms with E-state index in [4.69, 9.17) is 27.2 Å². The molecule has 0 aliphatic heterocycles. The van der Waals surface area contributed by atoms with Gasteiger partial charge in [-0.1, -0.05) is 11.6 Å². The van der Waals surface area contributed by atoms with E-state index in [1.165, 1.54) is 6.92 Å². The molecule has 1 aromatic rings. The summed E-state index contributed by atoms with van der Waals surface area (Å²) in [7, 11) is 0. The SMILES string of the molecule is Cc1cc(OC(C)O)c(N)c(C)c1Cl. The van der Waals surface area contributed by atoms with Crippen molar-refractivity contribution in [3.63, 3.8) is 0 Å². The van der Waals surface area contributed by atoms with E-state index in [1.54, 1.807) is 6.07 Å². The van der Waals surface area contributed by atoms with Crippen molar-refractivity contribution in [2.45, 2.75) is 27.1 Å². The van der Waals surface area contributed by atoms with Gasteiger partial charge in [0.1, 0.15) is 5.75 Å². The Morgan fingerprint density at radius 2 is 2.07 bits per heavy atom. The number of hydrogen-bond donors (Lipinski definition) is 2. The smallest absolute Gasteiger partial charge is 0.194 e. The summed E-state index contributed by atoms with van der Waals surface area (Å²) in [5.74, 6) is 0.472. The van der Waals surface area contributed by atoms with E-state index < -0.39 is 6.29 Å². The van der Waals surface area contributed by atoms with Crippen molar-refractivity contribution < 1.29 is 9.84 Å². The van der Waals surface area contributed by atoms with Gasteiger partial charge in [0.05, 0.1) is 5.69 Å². The molecule has 3 N–H and O–H groups in total. The molecule has 0 spiro atoms. The largest absolute Gasteiger partial charge is 0.463 e. The lowest BCUT2D eigenvalue weighted by molar-refractivity contribution is 0.000223. The van der Waals surface area contributed by atoms with Crippen LogP contribution >= 0.6 is 11.6 Å². The molecule has 0 heterocycles. The van der Waals surface area contributed by atoms with E-state index in [1.807, 2.05) is 13.8 Å². The number of ether oxygens (including phenoxy) is 1. The third-order valence-corrected chi connectivity index (χ3v) is 2.57. The Balaban J connectivity index is 3.19. The number of nitrogens with two attached hydrogens (primary N) is 1. The molecule has 0 radical (unpaired) electrons. The number of rotatable bonds is 2. The molecule has 4 heteroatoms. The monoisotopic (exact) mass is 215 g/mol. The molecular weight excluding hydrogens is 202 g/mol. The van der Waals surface area contributed by atoms with Crippen LogP contribution in [0.25, 0.3) is 0 Å². The Bertz CT molecular complexity index is 350. The van der Waals surface area contributed by atoms with Crippen LogP contribution in [0.4, 0.5) is 5.69 Å². The average Bonchev–Trinajstić information content (AvgIpc) is 2.10. The van der Waals surface area contributed by atoms with E-state index in [0.717, 1.165) is 11.1 Å². The Labute approximate surface area is 88.4 Å². The van der Waals surface area contributed by atoms with Crippen LogP contribution in [-0.2, 0) is 0 Å². The van der Waals surface area contributed by atoms with Crippen LogP contribution in [0.1, 0.15) is 18.1 Å². The first-order valence-corrected chi connectivity index (χ1v) is 4.71. The summed E-state index contributed by atoms with van der Waals surface area (Å²) in [5, 5.41) is 9.71. The van der Waals surface area contributed by atoms with Gasteiger partial charge in [-0.25, -0.2) is 0 Å². The number of hydrogen-bond acceptors (Lipinski definition) is 3. The minimum Gasteiger partial charge on any atom is -0.463 e. The Hall–Kier alpha value is -0.930. The minimum atomic E-state index is -0.878. The molecule has 1 rings (SSSR count). The van der Waals surface area contributed by atoms with E-state index >= 15 is 0 Å². The molecule has 1 atom stereocenters. The van der Waals surface area contributed by atoms with Crippen molar-refractivity contribution >= 4 is 17.3 Å². The summed E-state index contributed by atoms with van der Waals surface area (Å²) in [6.45, 7) is 5.21. The number of halogens is 1. The molecule has 0 bridgehead atoms. The van der Waals surface area contributed by atoms with Gasteiger partial charge in [0.2, 0.25) is 0 Å². The summed E-state index contributed by atoms with van der Waals surface area (Å²) < 4.78 is 5.13. The molecule has 14 heavy (non-hydrogen) atoms. The zero-order valence-corrected chi connectivity index (χ0v) is 9.22. The summed E-state index contributed by atoms with van der Waals surface area (Å²) in [4.78, 5) is 0. The molecule has 3 nitrogen and oxygen atoms in total. The Morgan fingerprint density at radius 3 is 2.57 bits per heavy atom. The second-order valence-electron chi connectivity index (χ2n) is 3.26. The summed E-state index contributed by atoms with van der Waals surface area (Å²) >= 11 is 5.99. The summed E-state index contributed by atoms with van der Waals surface area (Å²) in [6, 6.07) is 1.72. The molecule has 0 fully saturated rings. The lowest BCUT2D eigenvalue weighted by Crippen LogP contribution is -2.11. The van der Waals surface area contributed by atoms with Gasteiger partial charge in [-0.05, 0) is 38.0 Å². The van der Waals surface area contributed by atoms with Crippen LogP contribution in [0.3, 0.4) is 0 Å². The minimum absolute atomic E-state index is 0.472. The molecule has 0 saturated heterocycles. The van der Waals surface area contributed by atoms with Crippen molar-refractivity contribution in [1.82, 2.24) is 0 Å². The summed E-state index contributed by atoms with van der Waals surface area (Å²) in [6.07, 6.45) is -0.878. The van der Waals surface area contributed by atoms with Gasteiger partial charge >= 0.3 is 0 Å². The predicted molar refractivity (Wildman–Crippen MR) is 57.6 cm³/mol. The van der Waals surface area contributed by atoms with Crippen LogP contribution in [0.5, 0.6) is 5.75 Å². The zero-order chi connectivity index (χ0) is 10.9. The zero-order valence-electron chi connectivity index (χ0n) is 8.47. The number of aliphatic hydroxyl groups is 1. The van der Waals surface area contributed by atoms with Crippen molar-refractivity contribution in [2.75, 3.05) is 5.73 Å². The number of aliphatic hydroxyl groups excluding tert-OH is 1. The van der Waals surface area contributed by atoms with E-state index in [0.29, 0.717) is 16.5 Å². The molecule has 1 unspecified atom stereocenters. The van der Waals surface area contributed by atoms with Crippen LogP contribution in [0.2, 0.25) is 5.02 Å². The van der Waals surface area contributed by atoms with Crippen molar-refractivity contribution in [2.24, 2.45) is 0 Å². The normalized spacial score (nSPS) is 12.6. The maximum Gasteiger partial charge on any atom is 0.194 e. The van der Waals surface area contributed by atoms with E-state index in [-0.39, 0.29) is 0 Å². The first kappa shape index (κ1) is 11.1. The number of aryl methyl sites for hydroxylation is 1. The molecule has 1 aromatic carbocycles. The lowest BCUT2D eigenvalue weighted by Gasteiger charge is -2.15. The Morgan fingerprint density at radius 1 is 1.50 bits per heavy atom. The number of nitrogen functional groups attached to an aromatic ring is 1. The molecule has 0 aromatic heterocycles. The van der Waals surface area contributed by atoms with Gasteiger partial charge in [-0.15, -0.1) is 0 Å². The fourth-order valence-electron chi connectivity index (χ4n) is 1.22. The fraction of sp³-hybridized carbons (Fsp3) is 0.400. The topological polar surface area (TPSA) is 55.5 Å². The van der Waals surface area contributed by atoms with Crippen molar-refractivity contribution in [1.29, 1.82) is 0 Å². The van der Waals surface area contributed by atoms with Gasteiger partial charge in [0.15, 0.2) is 6.29 Å². The number of anilines is 1. The van der Waals surface area contributed by atoms with Gasteiger partial charge in [0, 0.05) is 5.02 Å². The molecule has 78 valence electrons. The quantitative estimate of drug-likeness (QED) is 0.588. The first-order chi connectivity index (χ1) is 6.43. The van der Waals surface area contributed by atoms with Crippen molar-refractivity contribution in [3.05, 3.63) is 22.2 Å². The molecule has 0 amide bonds. The highest BCUT2D eigenvalue weighted by Crippen LogP contribution is 2.33. The van der Waals surface area contributed by atoms with Gasteiger partial charge in [0.25, 0.3) is 0 Å². The highest BCUT2D eigenvalue weighted by atomic mass is 35.5. The van der Waals surface area contributed by atoms with Crippen LogP contribution in [0, 0.1) is 13.8 Å². The van der Waals surface area contributed by atoms with Crippen LogP contribution in [0.15, 0.2) is 6.07 Å². The van der Waals surface area contributed by atoms with E-state index in [2.05, 4.69) is 0 Å². The number of benzene rings is 1. The average molecular weight is 216 g/mol. The van der Waals surface area contributed by atoms with E-state index in [9.17, 15) is 0 Å². The second kappa shape index (κ2) is 4.07. The third-order valence-electron chi connectivity index (χ3n) is 1.99. The Kier molecular flexibility index (Phi) is 3.24. The summed E-state index contributed by atoms with van der Waals surface area (Å²) in [5.41, 5.74) is 7.92. The fourth-order valence-corrected chi connectivity index (χ4v) is 1.37. The van der Waals surface area contributed by atoms with Crippen LogP contribution < -0.4 is 10.5 Å². The molecule has 0 aliphatic rings. The van der Waals surface area contributed by atoms with Crippen molar-refractivity contribution in [3.8, 4) is 5.75 Å². The van der Waals surface area contributed by atoms with Gasteiger partial charge in [-0.2, -0.15) is 0 Å². The molecule has 0 aliphatic carbocycles. The standard InChI is InChI=1S/C10H14ClNO2/c1-5-4-8(14-7(3)13)10(12)6(2)9(5)11/h4,7,13H,12H2,1-3H3. The molecule has 0 saturated carbocycles. The van der Waals surface area contributed by atoms with Gasteiger partial charge < -0.3 is 15.6 Å². The maximum atomic E-state index is 9.07. The molecular formula is C10H14ClNO2. The second-order valence-corrected chi connectivity index (χ2v) is 3.64. The highest BCUT2D eigenvalue weighted by molar-refractivity contribution is 6.32. The predicted octanol–water partition coefficient (Wildman–Crippen LogP) is 2.26. The maximum absolute atomic E-state index is 9.07. The third kappa shape index (κ3) is 2.11. The van der Waals surface area contributed by atoms with Crippen LogP contribution in [-0.4, -0.2) is 11.4 Å².